The molecule has 2 aromatic rings. The van der Waals surface area contributed by atoms with Gasteiger partial charge in [-0.1, -0.05) is 38.1 Å². The molecule has 118 valence electrons. The lowest BCUT2D eigenvalue weighted by molar-refractivity contribution is -0.118. The van der Waals surface area contributed by atoms with Crippen LogP contribution in [0.4, 0.5) is 0 Å². The molecule has 0 spiro atoms. The van der Waals surface area contributed by atoms with E-state index >= 15 is 0 Å². The number of rotatable bonds is 8. The number of furan rings is 1. The van der Waals surface area contributed by atoms with Crippen molar-refractivity contribution in [2.75, 3.05) is 12.3 Å². The molecular weight excluding hydrogens is 294 g/mol. The first-order chi connectivity index (χ1) is 10.6. The second-order valence-corrected chi connectivity index (χ2v) is 6.55. The maximum Gasteiger partial charge on any atom is 0.230 e. The molecule has 0 fully saturated rings. The molecule has 0 saturated heterocycles. The summed E-state index contributed by atoms with van der Waals surface area (Å²) in [5.74, 6) is 2.74. The monoisotopic (exact) mass is 317 g/mol. The quantitative estimate of drug-likeness (QED) is 0.800. The average molecular weight is 317 g/mol. The number of amides is 1. The number of hydrogen-bond acceptors (Lipinski definition) is 3. The zero-order chi connectivity index (χ0) is 15.8. The Labute approximate surface area is 136 Å². The van der Waals surface area contributed by atoms with Crippen molar-refractivity contribution in [1.82, 2.24) is 5.32 Å². The largest absolute Gasteiger partial charge is 0.468 e. The maximum atomic E-state index is 11.7. The summed E-state index contributed by atoms with van der Waals surface area (Å²) in [4.78, 5) is 11.7. The molecule has 0 aliphatic carbocycles. The van der Waals surface area contributed by atoms with Crippen molar-refractivity contribution in [3.05, 3.63) is 59.5 Å². The van der Waals surface area contributed by atoms with Crippen LogP contribution >= 0.6 is 11.8 Å². The van der Waals surface area contributed by atoms with E-state index in [1.807, 2.05) is 12.1 Å². The molecule has 0 aliphatic rings. The average Bonchev–Trinajstić information content (AvgIpc) is 3.01. The van der Waals surface area contributed by atoms with Crippen LogP contribution in [0.15, 0.2) is 47.1 Å². The number of nitrogens with one attached hydrogen (secondary N) is 1. The Kier molecular flexibility index (Phi) is 6.59. The van der Waals surface area contributed by atoms with Gasteiger partial charge in [-0.3, -0.25) is 4.79 Å². The Bertz CT molecular complexity index is 561. The summed E-state index contributed by atoms with van der Waals surface area (Å²) in [6.07, 6.45) is 2.52. The van der Waals surface area contributed by atoms with Gasteiger partial charge in [-0.15, -0.1) is 11.8 Å². The highest BCUT2D eigenvalue weighted by atomic mass is 32.2. The molecule has 0 bridgehead atoms. The van der Waals surface area contributed by atoms with E-state index in [1.165, 1.54) is 11.1 Å². The van der Waals surface area contributed by atoms with Crippen LogP contribution in [0.25, 0.3) is 0 Å². The van der Waals surface area contributed by atoms with Gasteiger partial charge < -0.3 is 9.73 Å². The minimum atomic E-state index is 0.0790. The lowest BCUT2D eigenvalue weighted by Gasteiger charge is -2.08. The van der Waals surface area contributed by atoms with Crippen molar-refractivity contribution in [2.24, 2.45) is 0 Å². The van der Waals surface area contributed by atoms with E-state index in [0.717, 1.165) is 17.9 Å². The molecule has 0 atom stereocenters. The first kappa shape index (κ1) is 16.7. The molecule has 1 amide bonds. The van der Waals surface area contributed by atoms with Gasteiger partial charge in [0.05, 0.1) is 17.8 Å². The highest BCUT2D eigenvalue weighted by Gasteiger charge is 2.03. The summed E-state index contributed by atoms with van der Waals surface area (Å²) in [5.41, 5.74) is 2.61. The molecule has 2 rings (SSSR count). The van der Waals surface area contributed by atoms with Crippen molar-refractivity contribution in [2.45, 2.75) is 31.9 Å². The zero-order valence-electron chi connectivity index (χ0n) is 13.2. The molecule has 1 aromatic carbocycles. The predicted octanol–water partition coefficient (Wildman–Crippen LogP) is 4.00. The summed E-state index contributed by atoms with van der Waals surface area (Å²) >= 11 is 1.56. The van der Waals surface area contributed by atoms with Crippen LogP contribution in [0.3, 0.4) is 0 Å². The van der Waals surface area contributed by atoms with Crippen molar-refractivity contribution >= 4 is 17.7 Å². The van der Waals surface area contributed by atoms with Crippen LogP contribution in [0, 0.1) is 0 Å². The molecule has 0 saturated carbocycles. The molecule has 4 heteroatoms. The first-order valence-electron chi connectivity index (χ1n) is 7.61. The van der Waals surface area contributed by atoms with E-state index in [9.17, 15) is 4.79 Å². The Morgan fingerprint density at radius 2 is 2.00 bits per heavy atom. The topological polar surface area (TPSA) is 42.2 Å². The van der Waals surface area contributed by atoms with Gasteiger partial charge in [-0.05, 0) is 35.6 Å². The smallest absolute Gasteiger partial charge is 0.230 e. The van der Waals surface area contributed by atoms with Gasteiger partial charge in [0.2, 0.25) is 5.91 Å². The standard InChI is InChI=1S/C18H23NO2S/c1-14(2)16-7-5-15(6-8-16)9-10-19-18(20)13-22-12-17-4-3-11-21-17/h3-8,11,14H,9-10,12-13H2,1-2H3,(H,19,20). The van der Waals surface area contributed by atoms with Crippen LogP contribution in [0.1, 0.15) is 36.7 Å². The molecule has 0 unspecified atom stereocenters. The summed E-state index contributed by atoms with van der Waals surface area (Å²) in [7, 11) is 0. The second kappa shape index (κ2) is 8.69. The Morgan fingerprint density at radius 3 is 2.64 bits per heavy atom. The van der Waals surface area contributed by atoms with Crippen molar-refractivity contribution in [1.29, 1.82) is 0 Å². The lowest BCUT2D eigenvalue weighted by atomic mass is 10.0. The van der Waals surface area contributed by atoms with E-state index in [1.54, 1.807) is 18.0 Å². The lowest BCUT2D eigenvalue weighted by Crippen LogP contribution is -2.27. The fourth-order valence-corrected chi connectivity index (χ4v) is 2.86. The van der Waals surface area contributed by atoms with Crippen LogP contribution < -0.4 is 5.32 Å². The predicted molar refractivity (Wildman–Crippen MR) is 92.1 cm³/mol. The Morgan fingerprint density at radius 1 is 1.23 bits per heavy atom. The molecule has 1 N–H and O–H groups in total. The second-order valence-electron chi connectivity index (χ2n) is 5.57. The number of thioether (sulfide) groups is 1. The van der Waals surface area contributed by atoms with Gasteiger partial charge in [-0.25, -0.2) is 0 Å². The van der Waals surface area contributed by atoms with E-state index in [-0.39, 0.29) is 5.91 Å². The van der Waals surface area contributed by atoms with Gasteiger partial charge in [0.25, 0.3) is 0 Å². The van der Waals surface area contributed by atoms with Gasteiger partial charge in [-0.2, -0.15) is 0 Å². The van der Waals surface area contributed by atoms with Gasteiger partial charge in [0.15, 0.2) is 0 Å². The summed E-state index contributed by atoms with van der Waals surface area (Å²) in [5, 5.41) is 2.96. The number of benzene rings is 1. The fourth-order valence-electron chi connectivity index (χ4n) is 2.11. The SMILES string of the molecule is CC(C)c1ccc(CCNC(=O)CSCc2ccco2)cc1. The van der Waals surface area contributed by atoms with Gasteiger partial charge >= 0.3 is 0 Å². The third-order valence-corrected chi connectivity index (χ3v) is 4.39. The number of hydrogen-bond donors (Lipinski definition) is 1. The van der Waals surface area contributed by atoms with Crippen LogP contribution in [0.2, 0.25) is 0 Å². The molecule has 3 nitrogen and oxygen atoms in total. The number of carbonyl (C=O) groups excluding carboxylic acids is 1. The Balaban J connectivity index is 1.62. The third kappa shape index (κ3) is 5.60. The number of carbonyl (C=O) groups is 1. The molecular formula is C18H23NO2S. The normalized spacial score (nSPS) is 10.9. The van der Waals surface area contributed by atoms with E-state index in [2.05, 4.69) is 43.4 Å². The van der Waals surface area contributed by atoms with Crippen LogP contribution in [-0.2, 0) is 17.0 Å². The van der Waals surface area contributed by atoms with Crippen molar-refractivity contribution in [3.63, 3.8) is 0 Å². The highest BCUT2D eigenvalue weighted by Crippen LogP contribution is 2.15. The fraction of sp³-hybridized carbons (Fsp3) is 0.389. The summed E-state index contributed by atoms with van der Waals surface area (Å²) < 4.78 is 5.23. The van der Waals surface area contributed by atoms with E-state index in [0.29, 0.717) is 18.2 Å². The molecule has 0 radical (unpaired) electrons. The maximum absolute atomic E-state index is 11.7. The van der Waals surface area contributed by atoms with E-state index in [4.69, 9.17) is 4.42 Å². The first-order valence-corrected chi connectivity index (χ1v) is 8.76. The molecule has 22 heavy (non-hydrogen) atoms. The third-order valence-electron chi connectivity index (χ3n) is 3.44. The van der Waals surface area contributed by atoms with Gasteiger partial charge in [0, 0.05) is 6.54 Å². The van der Waals surface area contributed by atoms with Crippen LogP contribution in [-0.4, -0.2) is 18.2 Å². The highest BCUT2D eigenvalue weighted by molar-refractivity contribution is 7.99. The Hall–Kier alpha value is -1.68. The van der Waals surface area contributed by atoms with Crippen LogP contribution in [0.5, 0.6) is 0 Å². The van der Waals surface area contributed by atoms with E-state index < -0.39 is 0 Å². The summed E-state index contributed by atoms with van der Waals surface area (Å²) in [6.45, 7) is 5.06. The minimum absolute atomic E-state index is 0.0790. The van der Waals surface area contributed by atoms with Crippen molar-refractivity contribution < 1.29 is 9.21 Å². The van der Waals surface area contributed by atoms with Crippen molar-refractivity contribution in [3.8, 4) is 0 Å². The molecule has 1 heterocycles. The zero-order valence-corrected chi connectivity index (χ0v) is 14.0. The van der Waals surface area contributed by atoms with Gasteiger partial charge in [0.1, 0.15) is 5.76 Å². The summed E-state index contributed by atoms with van der Waals surface area (Å²) in [6, 6.07) is 12.4. The minimum Gasteiger partial charge on any atom is -0.468 e. The molecule has 1 aromatic heterocycles. The molecule has 0 aliphatic heterocycles.